The molecule has 0 radical (unpaired) electrons. The Kier molecular flexibility index (Phi) is 3.91. The summed E-state index contributed by atoms with van der Waals surface area (Å²) in [6.07, 6.45) is 16.5. The molecule has 0 saturated carbocycles. The SMILES string of the molecule is C1=CCC(c2cnc3[nH]cc(C4=CSC(N5CCCC5)N4)c3c2)C=C1. The molecule has 1 aliphatic carbocycles. The highest BCUT2D eigenvalue weighted by Gasteiger charge is 2.27. The molecule has 1 saturated heterocycles. The lowest BCUT2D eigenvalue weighted by atomic mass is 9.93. The highest BCUT2D eigenvalue weighted by atomic mass is 32.2. The number of likely N-dealkylation sites (tertiary alicyclic amines) is 1. The Labute approximate surface area is 152 Å². The van der Waals surface area contributed by atoms with E-state index < -0.39 is 0 Å². The minimum absolute atomic E-state index is 0.380. The third-order valence-corrected chi connectivity index (χ3v) is 6.36. The van der Waals surface area contributed by atoms with Crippen LogP contribution in [0.1, 0.15) is 36.3 Å². The summed E-state index contributed by atoms with van der Waals surface area (Å²) in [5, 5.41) is 7.18. The Morgan fingerprint density at radius 1 is 1.20 bits per heavy atom. The van der Waals surface area contributed by atoms with Crippen molar-refractivity contribution in [3.63, 3.8) is 0 Å². The molecule has 2 unspecified atom stereocenters. The second-order valence-corrected chi connectivity index (χ2v) is 7.88. The molecule has 3 aliphatic rings. The number of fused-ring (bicyclic) bond motifs is 1. The van der Waals surface area contributed by atoms with Crippen LogP contribution in [0.2, 0.25) is 0 Å². The van der Waals surface area contributed by atoms with Gasteiger partial charge in [0.05, 0.1) is 5.70 Å². The van der Waals surface area contributed by atoms with Crippen LogP contribution in [-0.4, -0.2) is 33.5 Å². The molecule has 2 aromatic rings. The fourth-order valence-electron chi connectivity index (χ4n) is 3.90. The molecule has 25 heavy (non-hydrogen) atoms. The van der Waals surface area contributed by atoms with E-state index in [0.717, 1.165) is 12.1 Å². The van der Waals surface area contributed by atoms with Gasteiger partial charge in [0.1, 0.15) is 11.1 Å². The van der Waals surface area contributed by atoms with Gasteiger partial charge in [-0.25, -0.2) is 4.98 Å². The molecule has 5 rings (SSSR count). The van der Waals surface area contributed by atoms with E-state index in [1.807, 2.05) is 18.0 Å². The summed E-state index contributed by atoms with van der Waals surface area (Å²) in [4.78, 5) is 10.5. The van der Waals surface area contributed by atoms with Crippen LogP contribution in [0, 0.1) is 0 Å². The number of aromatic nitrogens is 2. The highest BCUT2D eigenvalue weighted by Crippen LogP contribution is 2.35. The predicted octanol–water partition coefficient (Wildman–Crippen LogP) is 4.18. The zero-order valence-corrected chi connectivity index (χ0v) is 14.9. The molecule has 4 nitrogen and oxygen atoms in total. The Bertz CT molecular complexity index is 873. The van der Waals surface area contributed by atoms with Crippen molar-refractivity contribution in [3.8, 4) is 0 Å². The number of aromatic amines is 1. The third-order valence-electron chi connectivity index (χ3n) is 5.32. The van der Waals surface area contributed by atoms with Gasteiger partial charge in [-0.1, -0.05) is 36.1 Å². The molecule has 128 valence electrons. The molecule has 2 aromatic heterocycles. The topological polar surface area (TPSA) is 44.0 Å². The van der Waals surface area contributed by atoms with Crippen molar-refractivity contribution in [3.05, 3.63) is 59.3 Å². The Hall–Kier alpha value is -1.98. The first-order valence-corrected chi connectivity index (χ1v) is 10.00. The van der Waals surface area contributed by atoms with Crippen LogP contribution in [0.5, 0.6) is 0 Å². The van der Waals surface area contributed by atoms with Crippen molar-refractivity contribution < 1.29 is 0 Å². The predicted molar refractivity (Wildman–Crippen MR) is 105 cm³/mol. The molecule has 1 fully saturated rings. The second-order valence-electron chi connectivity index (χ2n) is 6.93. The van der Waals surface area contributed by atoms with Crippen LogP contribution in [0.3, 0.4) is 0 Å². The van der Waals surface area contributed by atoms with E-state index in [4.69, 9.17) is 0 Å². The number of pyridine rings is 1. The van der Waals surface area contributed by atoms with E-state index >= 15 is 0 Å². The van der Waals surface area contributed by atoms with Crippen molar-refractivity contribution in [2.75, 3.05) is 13.1 Å². The number of thioether (sulfide) groups is 1. The smallest absolute Gasteiger partial charge is 0.137 e. The fourth-order valence-corrected chi connectivity index (χ4v) is 4.94. The molecule has 0 aromatic carbocycles. The average Bonchev–Trinajstić information content (AvgIpc) is 3.40. The van der Waals surface area contributed by atoms with E-state index in [0.29, 0.717) is 11.4 Å². The van der Waals surface area contributed by atoms with Gasteiger partial charge in [0.25, 0.3) is 0 Å². The first-order valence-electron chi connectivity index (χ1n) is 9.05. The minimum atomic E-state index is 0.380. The first kappa shape index (κ1) is 15.3. The van der Waals surface area contributed by atoms with Crippen molar-refractivity contribution >= 4 is 28.5 Å². The van der Waals surface area contributed by atoms with Gasteiger partial charge in [0.15, 0.2) is 0 Å². The number of nitrogens with one attached hydrogen (secondary N) is 2. The van der Waals surface area contributed by atoms with E-state index in [1.54, 1.807) is 0 Å². The largest absolute Gasteiger partial charge is 0.360 e. The lowest BCUT2D eigenvalue weighted by molar-refractivity contribution is 0.304. The summed E-state index contributed by atoms with van der Waals surface area (Å²) in [6, 6.07) is 2.30. The van der Waals surface area contributed by atoms with Gasteiger partial charge in [0, 0.05) is 42.4 Å². The fraction of sp³-hybridized carbons (Fsp3) is 0.350. The summed E-state index contributed by atoms with van der Waals surface area (Å²) >= 11 is 1.88. The first-order chi connectivity index (χ1) is 12.4. The Morgan fingerprint density at radius 2 is 2.12 bits per heavy atom. The van der Waals surface area contributed by atoms with Crippen LogP contribution in [-0.2, 0) is 0 Å². The van der Waals surface area contributed by atoms with E-state index in [9.17, 15) is 0 Å². The minimum Gasteiger partial charge on any atom is -0.360 e. The molecule has 2 N–H and O–H groups in total. The molecular formula is C20H22N4S. The highest BCUT2D eigenvalue weighted by molar-refractivity contribution is 8.03. The van der Waals surface area contributed by atoms with Crippen molar-refractivity contribution in [1.82, 2.24) is 20.2 Å². The van der Waals surface area contributed by atoms with Crippen LogP contribution < -0.4 is 5.32 Å². The van der Waals surface area contributed by atoms with Gasteiger partial charge in [-0.05, 0) is 36.3 Å². The van der Waals surface area contributed by atoms with Crippen LogP contribution in [0.4, 0.5) is 0 Å². The molecule has 5 heteroatoms. The lowest BCUT2D eigenvalue weighted by Gasteiger charge is -2.23. The Morgan fingerprint density at radius 3 is 2.96 bits per heavy atom. The maximum atomic E-state index is 4.66. The van der Waals surface area contributed by atoms with E-state index in [1.165, 1.54) is 48.1 Å². The quantitative estimate of drug-likeness (QED) is 0.872. The van der Waals surface area contributed by atoms with Gasteiger partial charge in [-0.15, -0.1) is 0 Å². The van der Waals surface area contributed by atoms with Crippen molar-refractivity contribution in [1.29, 1.82) is 0 Å². The summed E-state index contributed by atoms with van der Waals surface area (Å²) in [5.74, 6) is 0.432. The summed E-state index contributed by atoms with van der Waals surface area (Å²) in [5.41, 5.74) is 5.08. The molecule has 4 heterocycles. The number of H-pyrrole nitrogens is 1. The van der Waals surface area contributed by atoms with Gasteiger partial charge in [0.2, 0.25) is 0 Å². The standard InChI is InChI=1S/C20H22N4S/c1-2-6-14(7-3-1)15-10-16-17(12-22-19(16)21-11-15)18-13-25-20(23-18)24-8-4-5-9-24/h1-3,6,10-14,20,23H,4-5,7-9H2,(H,21,22). The van der Waals surface area contributed by atoms with Gasteiger partial charge < -0.3 is 10.3 Å². The average molecular weight is 350 g/mol. The maximum absolute atomic E-state index is 4.66. The molecular weight excluding hydrogens is 328 g/mol. The van der Waals surface area contributed by atoms with Crippen LogP contribution >= 0.6 is 11.8 Å². The number of nitrogens with zero attached hydrogens (tertiary/aromatic N) is 2. The maximum Gasteiger partial charge on any atom is 0.137 e. The summed E-state index contributed by atoms with van der Waals surface area (Å²) in [7, 11) is 0. The van der Waals surface area contributed by atoms with E-state index in [-0.39, 0.29) is 0 Å². The third kappa shape index (κ3) is 2.81. The monoisotopic (exact) mass is 350 g/mol. The normalized spacial score (nSPS) is 26.3. The van der Waals surface area contributed by atoms with Gasteiger partial charge >= 0.3 is 0 Å². The summed E-state index contributed by atoms with van der Waals surface area (Å²) in [6.45, 7) is 2.40. The molecule has 0 spiro atoms. The van der Waals surface area contributed by atoms with Gasteiger partial charge in [-0.3, -0.25) is 4.90 Å². The zero-order valence-electron chi connectivity index (χ0n) is 14.1. The van der Waals surface area contributed by atoms with Crippen LogP contribution in [0.25, 0.3) is 16.7 Å². The number of allylic oxidation sites excluding steroid dienone is 4. The molecule has 0 amide bonds. The van der Waals surface area contributed by atoms with Crippen LogP contribution in [0.15, 0.2) is 48.2 Å². The summed E-state index contributed by atoms with van der Waals surface area (Å²) < 4.78 is 0. The van der Waals surface area contributed by atoms with Crippen molar-refractivity contribution in [2.24, 2.45) is 0 Å². The zero-order chi connectivity index (χ0) is 16.6. The Balaban J connectivity index is 1.43. The molecule has 0 bridgehead atoms. The number of rotatable bonds is 3. The van der Waals surface area contributed by atoms with Crippen molar-refractivity contribution in [2.45, 2.75) is 30.7 Å². The molecule has 2 aliphatic heterocycles. The number of hydrogen-bond acceptors (Lipinski definition) is 4. The van der Waals surface area contributed by atoms with Gasteiger partial charge in [-0.2, -0.15) is 0 Å². The number of hydrogen-bond donors (Lipinski definition) is 2. The second kappa shape index (κ2) is 6.39. The van der Waals surface area contributed by atoms with E-state index in [2.05, 4.69) is 62.2 Å². The lowest BCUT2D eigenvalue weighted by Crippen LogP contribution is -2.38. The molecule has 2 atom stereocenters.